The standard InChI is InChI=1S/C17H18O/c1-10-5-8-15(18)14-9-12-7-6-11-3-2-4-13(16(10)14)17(11)12/h2-4,9-10,15,18H,5-8H2,1H3. The fourth-order valence-electron chi connectivity index (χ4n) is 3.91. The third-order valence-corrected chi connectivity index (χ3v) is 4.79. The molecule has 4 rings (SSSR count). The fraction of sp³-hybridized carbons (Fsp3) is 0.412. The Labute approximate surface area is 107 Å². The van der Waals surface area contributed by atoms with E-state index in [1.165, 1.54) is 39.4 Å². The van der Waals surface area contributed by atoms with Crippen molar-refractivity contribution in [1.82, 2.24) is 0 Å². The molecule has 0 aliphatic heterocycles. The second-order valence-electron chi connectivity index (χ2n) is 5.87. The highest BCUT2D eigenvalue weighted by molar-refractivity contribution is 5.94. The summed E-state index contributed by atoms with van der Waals surface area (Å²) in [4.78, 5) is 0. The van der Waals surface area contributed by atoms with Gasteiger partial charge in [-0.25, -0.2) is 0 Å². The first-order valence-electron chi connectivity index (χ1n) is 7.01. The summed E-state index contributed by atoms with van der Waals surface area (Å²) in [7, 11) is 0. The zero-order valence-corrected chi connectivity index (χ0v) is 10.7. The van der Waals surface area contributed by atoms with Crippen molar-refractivity contribution in [3.63, 3.8) is 0 Å². The molecule has 0 saturated carbocycles. The molecule has 0 fully saturated rings. The van der Waals surface area contributed by atoms with Crippen LogP contribution in [0.1, 0.15) is 54.0 Å². The van der Waals surface area contributed by atoms with Gasteiger partial charge in [-0.15, -0.1) is 0 Å². The Morgan fingerprint density at radius 2 is 1.94 bits per heavy atom. The maximum Gasteiger partial charge on any atom is 0.0793 e. The second kappa shape index (κ2) is 3.58. The highest BCUT2D eigenvalue weighted by atomic mass is 16.3. The van der Waals surface area contributed by atoms with Gasteiger partial charge in [0.15, 0.2) is 0 Å². The smallest absolute Gasteiger partial charge is 0.0793 e. The van der Waals surface area contributed by atoms with Crippen LogP contribution in [0.25, 0.3) is 10.8 Å². The molecular formula is C17H18O. The monoisotopic (exact) mass is 238 g/mol. The summed E-state index contributed by atoms with van der Waals surface area (Å²) in [5.41, 5.74) is 5.57. The van der Waals surface area contributed by atoms with E-state index in [4.69, 9.17) is 0 Å². The lowest BCUT2D eigenvalue weighted by Crippen LogP contribution is -2.13. The van der Waals surface area contributed by atoms with Crippen LogP contribution in [0, 0.1) is 0 Å². The van der Waals surface area contributed by atoms with Gasteiger partial charge in [-0.3, -0.25) is 0 Å². The molecule has 2 aromatic rings. The van der Waals surface area contributed by atoms with E-state index in [0.717, 1.165) is 19.3 Å². The van der Waals surface area contributed by atoms with E-state index < -0.39 is 0 Å². The van der Waals surface area contributed by atoms with Crippen molar-refractivity contribution in [3.05, 3.63) is 46.5 Å². The SMILES string of the molecule is CC1CCC(O)c2cc3c4c(cccc4c21)CC3. The summed E-state index contributed by atoms with van der Waals surface area (Å²) in [6, 6.07) is 8.98. The number of hydrogen-bond donors (Lipinski definition) is 1. The number of rotatable bonds is 0. The Hall–Kier alpha value is -1.34. The molecule has 1 nitrogen and oxygen atoms in total. The van der Waals surface area contributed by atoms with Crippen molar-refractivity contribution in [2.45, 2.75) is 44.6 Å². The Kier molecular flexibility index (Phi) is 2.10. The van der Waals surface area contributed by atoms with Gasteiger partial charge in [-0.1, -0.05) is 31.2 Å². The molecule has 0 radical (unpaired) electrons. The third kappa shape index (κ3) is 1.26. The summed E-state index contributed by atoms with van der Waals surface area (Å²) in [5, 5.41) is 13.2. The average molecular weight is 238 g/mol. The van der Waals surface area contributed by atoms with Crippen LogP contribution in [0.15, 0.2) is 24.3 Å². The molecule has 0 aromatic heterocycles. The minimum absolute atomic E-state index is 0.249. The highest BCUT2D eigenvalue weighted by Crippen LogP contribution is 2.44. The molecule has 2 aliphatic carbocycles. The van der Waals surface area contributed by atoms with Crippen molar-refractivity contribution in [1.29, 1.82) is 0 Å². The van der Waals surface area contributed by atoms with Crippen molar-refractivity contribution in [2.75, 3.05) is 0 Å². The minimum Gasteiger partial charge on any atom is -0.388 e. The van der Waals surface area contributed by atoms with Gasteiger partial charge in [-0.05, 0) is 64.6 Å². The Balaban J connectivity index is 2.15. The van der Waals surface area contributed by atoms with Gasteiger partial charge in [0.05, 0.1) is 6.10 Å². The molecule has 0 bridgehead atoms. The number of benzene rings is 2. The summed E-state index contributed by atoms with van der Waals surface area (Å²) >= 11 is 0. The average Bonchev–Trinajstić information content (AvgIpc) is 2.79. The molecule has 1 N–H and O–H groups in total. The highest BCUT2D eigenvalue weighted by Gasteiger charge is 2.28. The molecule has 18 heavy (non-hydrogen) atoms. The first-order chi connectivity index (χ1) is 8.75. The predicted molar refractivity (Wildman–Crippen MR) is 74.0 cm³/mol. The minimum atomic E-state index is -0.249. The number of aryl methyl sites for hydroxylation is 2. The molecule has 0 saturated heterocycles. The first kappa shape index (κ1) is 10.6. The lowest BCUT2D eigenvalue weighted by Gasteiger charge is -2.28. The Morgan fingerprint density at radius 3 is 2.83 bits per heavy atom. The van der Waals surface area contributed by atoms with Crippen LogP contribution in [0.4, 0.5) is 0 Å². The van der Waals surface area contributed by atoms with E-state index in [9.17, 15) is 5.11 Å². The largest absolute Gasteiger partial charge is 0.388 e. The predicted octanol–water partition coefficient (Wildman–Crippen LogP) is 3.87. The van der Waals surface area contributed by atoms with Crippen LogP contribution in [-0.2, 0) is 12.8 Å². The summed E-state index contributed by atoms with van der Waals surface area (Å²) in [6.45, 7) is 2.30. The maximum atomic E-state index is 10.3. The summed E-state index contributed by atoms with van der Waals surface area (Å²) < 4.78 is 0. The van der Waals surface area contributed by atoms with E-state index in [-0.39, 0.29) is 6.10 Å². The molecule has 0 spiro atoms. The lowest BCUT2D eigenvalue weighted by atomic mass is 9.78. The zero-order chi connectivity index (χ0) is 12.3. The van der Waals surface area contributed by atoms with Crippen LogP contribution in [0.2, 0.25) is 0 Å². The van der Waals surface area contributed by atoms with Gasteiger partial charge < -0.3 is 5.11 Å². The molecule has 0 heterocycles. The van der Waals surface area contributed by atoms with Crippen molar-refractivity contribution >= 4 is 10.8 Å². The molecule has 92 valence electrons. The second-order valence-corrected chi connectivity index (χ2v) is 5.87. The van der Waals surface area contributed by atoms with Crippen LogP contribution < -0.4 is 0 Å². The zero-order valence-electron chi connectivity index (χ0n) is 10.7. The maximum absolute atomic E-state index is 10.3. The summed E-state index contributed by atoms with van der Waals surface area (Å²) in [6.07, 6.45) is 4.08. The van der Waals surface area contributed by atoms with Gasteiger partial charge in [0.25, 0.3) is 0 Å². The van der Waals surface area contributed by atoms with Crippen molar-refractivity contribution in [3.8, 4) is 0 Å². The van der Waals surface area contributed by atoms with Crippen molar-refractivity contribution in [2.24, 2.45) is 0 Å². The molecule has 2 unspecified atom stereocenters. The normalized spacial score (nSPS) is 25.4. The van der Waals surface area contributed by atoms with E-state index in [1.807, 2.05) is 0 Å². The van der Waals surface area contributed by atoms with Crippen LogP contribution in [-0.4, -0.2) is 5.11 Å². The molecule has 0 amide bonds. The van der Waals surface area contributed by atoms with Crippen LogP contribution in [0.3, 0.4) is 0 Å². The van der Waals surface area contributed by atoms with Gasteiger partial charge in [0.1, 0.15) is 0 Å². The third-order valence-electron chi connectivity index (χ3n) is 4.79. The number of fused-ring (bicyclic) bond motifs is 2. The van der Waals surface area contributed by atoms with E-state index in [1.54, 1.807) is 0 Å². The number of aliphatic hydroxyl groups excluding tert-OH is 1. The van der Waals surface area contributed by atoms with E-state index in [2.05, 4.69) is 31.2 Å². The molecular weight excluding hydrogens is 220 g/mol. The topological polar surface area (TPSA) is 20.2 Å². The van der Waals surface area contributed by atoms with Crippen molar-refractivity contribution < 1.29 is 5.11 Å². The van der Waals surface area contributed by atoms with Gasteiger partial charge in [-0.2, -0.15) is 0 Å². The number of hydrogen-bond acceptors (Lipinski definition) is 1. The Morgan fingerprint density at radius 1 is 1.11 bits per heavy atom. The van der Waals surface area contributed by atoms with Crippen LogP contribution >= 0.6 is 0 Å². The van der Waals surface area contributed by atoms with Gasteiger partial charge in [0.2, 0.25) is 0 Å². The van der Waals surface area contributed by atoms with Crippen LogP contribution in [0.5, 0.6) is 0 Å². The summed E-state index contributed by atoms with van der Waals surface area (Å²) in [5.74, 6) is 0.577. The first-order valence-corrected chi connectivity index (χ1v) is 7.01. The van der Waals surface area contributed by atoms with Gasteiger partial charge in [0, 0.05) is 0 Å². The fourth-order valence-corrected chi connectivity index (χ4v) is 3.91. The molecule has 1 heteroatoms. The van der Waals surface area contributed by atoms with Gasteiger partial charge >= 0.3 is 0 Å². The lowest BCUT2D eigenvalue weighted by molar-refractivity contribution is 0.152. The quantitative estimate of drug-likeness (QED) is 0.738. The Bertz CT molecular complexity index is 642. The molecule has 2 atom stereocenters. The molecule has 2 aromatic carbocycles. The molecule has 2 aliphatic rings. The van der Waals surface area contributed by atoms with E-state index >= 15 is 0 Å². The number of aliphatic hydroxyl groups is 1. The van der Waals surface area contributed by atoms with E-state index in [0.29, 0.717) is 5.92 Å².